The number of hydrogen-bond acceptors (Lipinski definition) is 4. The predicted molar refractivity (Wildman–Crippen MR) is 64.4 cm³/mol. The lowest BCUT2D eigenvalue weighted by Crippen LogP contribution is -2.34. The third-order valence-electron chi connectivity index (χ3n) is 2.90. The van der Waals surface area contributed by atoms with Gasteiger partial charge in [0, 0.05) is 16.5 Å². The van der Waals surface area contributed by atoms with Gasteiger partial charge in [-0.2, -0.15) is 0 Å². The van der Waals surface area contributed by atoms with E-state index in [-0.39, 0.29) is 16.5 Å². The Hall–Kier alpha value is -2.44. The summed E-state index contributed by atoms with van der Waals surface area (Å²) in [4.78, 5) is 23.5. The number of aryl methyl sites for hydroxylation is 1. The van der Waals surface area contributed by atoms with Crippen molar-refractivity contribution in [3.63, 3.8) is 0 Å². The third kappa shape index (κ3) is 1.83. The maximum Gasteiger partial charge on any atom is 0.344 e. The summed E-state index contributed by atoms with van der Waals surface area (Å²) in [6.07, 6.45) is 0. The van der Waals surface area contributed by atoms with Gasteiger partial charge in [-0.1, -0.05) is 0 Å². The Bertz CT molecular complexity index is 753. The smallest absolute Gasteiger partial charge is 0.344 e. The number of pyridine rings is 1. The van der Waals surface area contributed by atoms with E-state index in [9.17, 15) is 18.4 Å². The summed E-state index contributed by atoms with van der Waals surface area (Å²) in [6.45, 7) is 1.46. The van der Waals surface area contributed by atoms with Crippen LogP contribution in [0.3, 0.4) is 0 Å². The fraction of sp³-hybridized carbons (Fsp3) is 0.167. The fourth-order valence-corrected chi connectivity index (χ4v) is 1.87. The molecule has 0 amide bonds. The van der Waals surface area contributed by atoms with Crippen LogP contribution in [-0.4, -0.2) is 17.8 Å². The number of methoxy groups -OCH3 is 1. The van der Waals surface area contributed by atoms with E-state index in [2.05, 4.69) is 4.74 Å². The Kier molecular flexibility index (Phi) is 2.97. The molecule has 0 aliphatic carbocycles. The van der Waals surface area contributed by atoms with Crippen LogP contribution in [0, 0.1) is 18.6 Å². The Morgan fingerprint density at radius 3 is 2.32 bits per heavy atom. The van der Waals surface area contributed by atoms with Crippen LogP contribution < -0.4 is 11.4 Å². The highest BCUT2D eigenvalue weighted by Crippen LogP contribution is 2.23. The van der Waals surface area contributed by atoms with E-state index in [0.29, 0.717) is 4.68 Å². The molecule has 2 rings (SSSR count). The van der Waals surface area contributed by atoms with Gasteiger partial charge in [0.2, 0.25) is 0 Å². The van der Waals surface area contributed by atoms with Crippen LogP contribution in [0.15, 0.2) is 16.9 Å². The van der Waals surface area contributed by atoms with Gasteiger partial charge in [0.05, 0.1) is 7.11 Å². The zero-order chi connectivity index (χ0) is 14.3. The summed E-state index contributed by atoms with van der Waals surface area (Å²) in [6, 6.07) is 1.67. The highest BCUT2D eigenvalue weighted by Gasteiger charge is 2.21. The first kappa shape index (κ1) is 13.0. The molecule has 0 spiro atoms. The number of fused-ring (bicyclic) bond motifs is 1. The second-order valence-corrected chi connectivity index (χ2v) is 3.94. The standard InChI is InChI=1S/C12H10F2N2O3/c1-5-6-3-8(13)9(14)4-7(6)10(12(18)19-2)11(17)16(5)15/h3-4H,15H2,1-2H3. The third-order valence-corrected chi connectivity index (χ3v) is 2.90. The van der Waals surface area contributed by atoms with Gasteiger partial charge in [0.1, 0.15) is 5.56 Å². The van der Waals surface area contributed by atoms with E-state index in [0.717, 1.165) is 19.2 Å². The topological polar surface area (TPSA) is 74.3 Å². The first-order valence-electron chi connectivity index (χ1n) is 5.26. The van der Waals surface area contributed by atoms with E-state index in [1.165, 1.54) is 6.92 Å². The van der Waals surface area contributed by atoms with E-state index in [1.807, 2.05) is 0 Å². The summed E-state index contributed by atoms with van der Waals surface area (Å²) in [5.74, 6) is 2.30. The Balaban J connectivity index is 3.06. The molecule has 100 valence electrons. The Morgan fingerprint density at radius 1 is 1.26 bits per heavy atom. The van der Waals surface area contributed by atoms with E-state index in [4.69, 9.17) is 5.84 Å². The van der Waals surface area contributed by atoms with Gasteiger partial charge in [0.15, 0.2) is 11.6 Å². The first-order chi connectivity index (χ1) is 8.88. The van der Waals surface area contributed by atoms with E-state index < -0.39 is 28.7 Å². The molecule has 2 N–H and O–H groups in total. The fourth-order valence-electron chi connectivity index (χ4n) is 1.87. The normalized spacial score (nSPS) is 10.7. The molecule has 1 aromatic carbocycles. The molecular weight excluding hydrogens is 258 g/mol. The van der Waals surface area contributed by atoms with Gasteiger partial charge in [-0.15, -0.1) is 0 Å². The first-order valence-corrected chi connectivity index (χ1v) is 5.26. The quantitative estimate of drug-likeness (QED) is 0.620. The van der Waals surface area contributed by atoms with Crippen molar-refractivity contribution in [3.05, 3.63) is 45.4 Å². The lowest BCUT2D eigenvalue weighted by atomic mass is 10.0. The van der Waals surface area contributed by atoms with Crippen LogP contribution in [0.5, 0.6) is 0 Å². The van der Waals surface area contributed by atoms with Crippen LogP contribution in [0.25, 0.3) is 10.8 Å². The zero-order valence-corrected chi connectivity index (χ0v) is 10.2. The number of esters is 1. The number of carbonyl (C=O) groups is 1. The number of aromatic nitrogens is 1. The summed E-state index contributed by atoms with van der Waals surface area (Å²) in [5.41, 5.74) is -1.04. The van der Waals surface area contributed by atoms with Crippen LogP contribution in [-0.2, 0) is 4.74 Å². The van der Waals surface area contributed by atoms with E-state index >= 15 is 0 Å². The van der Waals surface area contributed by atoms with Crippen molar-refractivity contribution >= 4 is 16.7 Å². The lowest BCUT2D eigenvalue weighted by Gasteiger charge is -2.11. The molecule has 0 unspecified atom stereocenters. The minimum atomic E-state index is -1.16. The number of hydrogen-bond donors (Lipinski definition) is 1. The van der Waals surface area contributed by atoms with Gasteiger partial charge in [-0.05, 0) is 19.1 Å². The summed E-state index contributed by atoms with van der Waals surface area (Å²) >= 11 is 0. The van der Waals surface area contributed by atoms with Crippen molar-refractivity contribution in [3.8, 4) is 0 Å². The molecule has 2 aromatic rings. The van der Waals surface area contributed by atoms with Crippen LogP contribution in [0.2, 0.25) is 0 Å². The molecule has 0 aliphatic rings. The molecule has 0 fully saturated rings. The van der Waals surface area contributed by atoms with Crippen molar-refractivity contribution in [2.24, 2.45) is 0 Å². The predicted octanol–water partition coefficient (Wildman–Crippen LogP) is 1.09. The maximum absolute atomic E-state index is 13.3. The molecule has 1 heterocycles. The minimum Gasteiger partial charge on any atom is -0.465 e. The number of nitrogens with two attached hydrogens (primary N) is 1. The van der Waals surface area contributed by atoms with Crippen molar-refractivity contribution in [1.82, 2.24) is 4.68 Å². The average molecular weight is 268 g/mol. The Labute approximate surface area is 106 Å². The molecule has 0 atom stereocenters. The molecule has 5 nitrogen and oxygen atoms in total. The minimum absolute atomic E-state index is 0.0325. The lowest BCUT2D eigenvalue weighted by molar-refractivity contribution is 0.0600. The van der Waals surface area contributed by atoms with Crippen LogP contribution in [0.4, 0.5) is 8.78 Å². The number of carbonyl (C=O) groups excluding carboxylic acids is 1. The highest BCUT2D eigenvalue weighted by molar-refractivity contribution is 6.04. The van der Waals surface area contributed by atoms with Crippen molar-refractivity contribution in [2.75, 3.05) is 13.0 Å². The summed E-state index contributed by atoms with van der Waals surface area (Å²) in [7, 11) is 1.08. The summed E-state index contributed by atoms with van der Waals surface area (Å²) in [5, 5.41) is 0.136. The SMILES string of the molecule is COC(=O)c1c(=O)n(N)c(C)c2cc(F)c(F)cc12. The number of benzene rings is 1. The molecule has 0 radical (unpaired) electrons. The number of halogens is 2. The Morgan fingerprint density at radius 2 is 1.79 bits per heavy atom. The average Bonchev–Trinajstić information content (AvgIpc) is 2.39. The van der Waals surface area contributed by atoms with Crippen LogP contribution >= 0.6 is 0 Å². The zero-order valence-electron chi connectivity index (χ0n) is 10.2. The van der Waals surface area contributed by atoms with Gasteiger partial charge in [-0.25, -0.2) is 18.3 Å². The van der Waals surface area contributed by atoms with E-state index in [1.54, 1.807) is 0 Å². The summed E-state index contributed by atoms with van der Waals surface area (Å²) < 4.78 is 31.7. The largest absolute Gasteiger partial charge is 0.465 e. The van der Waals surface area contributed by atoms with Crippen LogP contribution in [0.1, 0.15) is 16.1 Å². The second-order valence-electron chi connectivity index (χ2n) is 3.94. The molecule has 7 heteroatoms. The highest BCUT2D eigenvalue weighted by atomic mass is 19.2. The number of rotatable bonds is 1. The second kappa shape index (κ2) is 4.34. The van der Waals surface area contributed by atoms with Gasteiger partial charge < -0.3 is 10.6 Å². The van der Waals surface area contributed by atoms with Crippen molar-refractivity contribution in [1.29, 1.82) is 0 Å². The maximum atomic E-state index is 13.3. The van der Waals surface area contributed by atoms with Gasteiger partial charge in [-0.3, -0.25) is 4.79 Å². The molecule has 0 bridgehead atoms. The van der Waals surface area contributed by atoms with Gasteiger partial charge >= 0.3 is 5.97 Å². The van der Waals surface area contributed by atoms with Gasteiger partial charge in [0.25, 0.3) is 5.56 Å². The van der Waals surface area contributed by atoms with Crippen molar-refractivity contribution in [2.45, 2.75) is 6.92 Å². The molecule has 19 heavy (non-hydrogen) atoms. The molecule has 0 saturated heterocycles. The monoisotopic (exact) mass is 268 g/mol. The van der Waals surface area contributed by atoms with Crippen molar-refractivity contribution < 1.29 is 18.3 Å². The number of ether oxygens (including phenoxy) is 1. The molecule has 0 saturated carbocycles. The molecule has 1 aromatic heterocycles. The number of nitrogens with zero attached hydrogens (tertiary/aromatic N) is 1. The molecule has 0 aliphatic heterocycles. The number of nitrogen functional groups attached to an aromatic ring is 1. The molecular formula is C12H10F2N2O3.